The van der Waals surface area contributed by atoms with Crippen molar-refractivity contribution >= 4 is 0 Å². The van der Waals surface area contributed by atoms with Crippen LogP contribution >= 0.6 is 0 Å². The lowest BCUT2D eigenvalue weighted by molar-refractivity contribution is 0.00869. The van der Waals surface area contributed by atoms with Gasteiger partial charge in [0.05, 0.1) is 12.4 Å². The Labute approximate surface area is 121 Å². The van der Waals surface area contributed by atoms with Crippen LogP contribution < -0.4 is 0 Å². The molecule has 2 rings (SSSR count). The number of aliphatic hydroxyl groups is 3. The smallest absolute Gasteiger partial charge is 0.157 e. The van der Waals surface area contributed by atoms with E-state index in [0.29, 0.717) is 5.56 Å². The summed E-state index contributed by atoms with van der Waals surface area (Å²) in [5.74, 6) is -0.981. The maximum absolute atomic E-state index is 10.1. The molecular weight excluding hydrogens is 276 g/mol. The van der Waals surface area contributed by atoms with Crippen molar-refractivity contribution in [1.82, 2.24) is 0 Å². The van der Waals surface area contributed by atoms with Gasteiger partial charge in [0, 0.05) is 12.2 Å². The lowest BCUT2D eigenvalue weighted by Gasteiger charge is -2.22. The van der Waals surface area contributed by atoms with Crippen molar-refractivity contribution in [1.29, 1.82) is 0 Å². The van der Waals surface area contributed by atoms with Crippen molar-refractivity contribution in [2.24, 2.45) is 0 Å². The van der Waals surface area contributed by atoms with E-state index in [4.69, 9.17) is 4.74 Å². The highest BCUT2D eigenvalue weighted by atomic mass is 16.5. The molecule has 0 bridgehead atoms. The van der Waals surface area contributed by atoms with E-state index in [-0.39, 0.29) is 29.4 Å². The first kappa shape index (κ1) is 14.8. The lowest BCUT2D eigenvalue weighted by Crippen LogP contribution is -2.19. The Hall–Kier alpha value is -2.60. The fraction of sp³-hybridized carbons (Fsp3) is 0.200. The number of aliphatic hydroxyl groups excluding tert-OH is 3. The molecule has 1 aliphatic heterocycles. The second-order valence-electron chi connectivity index (χ2n) is 4.61. The number of ether oxygens (including phenoxy) is 1. The van der Waals surface area contributed by atoms with E-state index in [1.54, 1.807) is 0 Å². The largest absolute Gasteiger partial charge is 0.508 e. The standard InChI is InChI=1S/C15H16O6/c16-10-2-4-13(19)15(21-6-5-11(17)8-10)9-1-3-12(18)14(20)7-9/h1-3,5-8,13,15-20H,4H2/b6-5+,10-2-,11-8+/t13-,15-/m1/s1. The molecule has 1 aromatic rings. The Kier molecular flexibility index (Phi) is 4.39. The molecule has 2 atom stereocenters. The number of allylic oxidation sites excluding steroid dienone is 2. The third kappa shape index (κ3) is 3.70. The molecule has 0 radical (unpaired) electrons. The summed E-state index contributed by atoms with van der Waals surface area (Å²) in [6, 6.07) is 4.07. The van der Waals surface area contributed by atoms with E-state index in [0.717, 1.165) is 6.08 Å². The van der Waals surface area contributed by atoms with Crippen LogP contribution in [0.25, 0.3) is 0 Å². The summed E-state index contributed by atoms with van der Waals surface area (Å²) in [5, 5.41) is 48.0. The molecular formula is C15H16O6. The van der Waals surface area contributed by atoms with E-state index in [1.807, 2.05) is 0 Å². The second-order valence-corrected chi connectivity index (χ2v) is 4.61. The van der Waals surface area contributed by atoms with E-state index in [1.165, 1.54) is 36.6 Å². The average Bonchev–Trinajstić information content (AvgIpc) is 2.43. The van der Waals surface area contributed by atoms with Gasteiger partial charge < -0.3 is 30.3 Å². The summed E-state index contributed by atoms with van der Waals surface area (Å²) in [6.07, 6.45) is 3.13. The maximum atomic E-state index is 10.1. The Morgan fingerprint density at radius 3 is 2.48 bits per heavy atom. The molecule has 6 nitrogen and oxygen atoms in total. The van der Waals surface area contributed by atoms with E-state index in [9.17, 15) is 25.5 Å². The molecule has 6 heteroatoms. The minimum atomic E-state index is -0.991. The van der Waals surface area contributed by atoms with Gasteiger partial charge in [0.2, 0.25) is 0 Å². The highest BCUT2D eigenvalue weighted by Gasteiger charge is 2.23. The number of phenolic OH excluding ortho intramolecular Hbond substituents is 2. The highest BCUT2D eigenvalue weighted by molar-refractivity contribution is 5.41. The van der Waals surface area contributed by atoms with E-state index < -0.39 is 12.2 Å². The molecule has 5 N–H and O–H groups in total. The van der Waals surface area contributed by atoms with Crippen LogP contribution in [0.1, 0.15) is 18.1 Å². The predicted octanol–water partition coefficient (Wildman–Crippen LogP) is 2.32. The zero-order chi connectivity index (χ0) is 15.4. The van der Waals surface area contributed by atoms with Gasteiger partial charge in [0.15, 0.2) is 11.5 Å². The molecule has 1 aliphatic rings. The molecule has 0 saturated heterocycles. The second kappa shape index (κ2) is 6.23. The summed E-state index contributed by atoms with van der Waals surface area (Å²) in [5.41, 5.74) is 0.444. The third-order valence-electron chi connectivity index (χ3n) is 3.01. The van der Waals surface area contributed by atoms with Crippen molar-refractivity contribution in [3.63, 3.8) is 0 Å². The van der Waals surface area contributed by atoms with Gasteiger partial charge in [-0.25, -0.2) is 0 Å². The quantitative estimate of drug-likeness (QED) is 0.508. The SMILES string of the molecule is OC1=C\C[C@@H](O)[C@@H](c2ccc(O)c(O)c2)O/C=C/C(O)=C\1. The molecule has 0 unspecified atom stereocenters. The zero-order valence-electron chi connectivity index (χ0n) is 11.0. The van der Waals surface area contributed by atoms with Gasteiger partial charge in [0.25, 0.3) is 0 Å². The molecule has 0 aromatic heterocycles. The number of phenols is 2. The highest BCUT2D eigenvalue weighted by Crippen LogP contribution is 2.32. The molecule has 21 heavy (non-hydrogen) atoms. The first-order chi connectivity index (χ1) is 9.97. The normalized spacial score (nSPS) is 29.4. The summed E-state index contributed by atoms with van der Waals surface area (Å²) < 4.78 is 5.38. The zero-order valence-corrected chi connectivity index (χ0v) is 11.0. The fourth-order valence-electron chi connectivity index (χ4n) is 1.93. The van der Waals surface area contributed by atoms with Crippen LogP contribution in [0.4, 0.5) is 0 Å². The Morgan fingerprint density at radius 2 is 1.76 bits per heavy atom. The number of aromatic hydroxyl groups is 2. The van der Waals surface area contributed by atoms with E-state index >= 15 is 0 Å². The number of rotatable bonds is 1. The number of hydrogen-bond acceptors (Lipinski definition) is 6. The van der Waals surface area contributed by atoms with Gasteiger partial charge in [-0.2, -0.15) is 0 Å². The molecule has 1 aromatic carbocycles. The van der Waals surface area contributed by atoms with Gasteiger partial charge >= 0.3 is 0 Å². The first-order valence-electron chi connectivity index (χ1n) is 6.29. The van der Waals surface area contributed by atoms with Crippen LogP contribution in [0, 0.1) is 0 Å². The number of benzene rings is 1. The van der Waals surface area contributed by atoms with Crippen LogP contribution in [0.5, 0.6) is 11.5 Å². The molecule has 0 aliphatic carbocycles. The Morgan fingerprint density at radius 1 is 1.00 bits per heavy atom. The summed E-state index contributed by atoms with van der Waals surface area (Å²) in [4.78, 5) is 0. The predicted molar refractivity (Wildman–Crippen MR) is 74.8 cm³/mol. The van der Waals surface area contributed by atoms with Gasteiger partial charge in [0.1, 0.15) is 17.6 Å². The summed E-state index contributed by atoms with van der Waals surface area (Å²) in [6.45, 7) is 0. The van der Waals surface area contributed by atoms with Crippen molar-refractivity contribution < 1.29 is 30.3 Å². The average molecular weight is 292 g/mol. The van der Waals surface area contributed by atoms with Crippen molar-refractivity contribution in [2.75, 3.05) is 0 Å². The molecule has 0 fully saturated rings. The minimum Gasteiger partial charge on any atom is -0.508 e. The summed E-state index contributed by atoms with van der Waals surface area (Å²) in [7, 11) is 0. The van der Waals surface area contributed by atoms with Crippen molar-refractivity contribution in [3.05, 3.63) is 59.8 Å². The summed E-state index contributed by atoms with van der Waals surface area (Å²) >= 11 is 0. The first-order valence-corrected chi connectivity index (χ1v) is 6.29. The van der Waals surface area contributed by atoms with Crippen LogP contribution in [0.2, 0.25) is 0 Å². The minimum absolute atomic E-state index is 0.0791. The van der Waals surface area contributed by atoms with Crippen molar-refractivity contribution in [3.8, 4) is 11.5 Å². The van der Waals surface area contributed by atoms with Crippen LogP contribution in [-0.2, 0) is 4.74 Å². The van der Waals surface area contributed by atoms with E-state index in [2.05, 4.69) is 0 Å². The fourth-order valence-corrected chi connectivity index (χ4v) is 1.93. The van der Waals surface area contributed by atoms with Gasteiger partial charge in [-0.1, -0.05) is 6.07 Å². The Bertz CT molecular complexity index is 602. The molecule has 0 amide bonds. The van der Waals surface area contributed by atoms with Crippen LogP contribution in [0.15, 0.2) is 54.2 Å². The molecule has 0 spiro atoms. The molecule has 0 saturated carbocycles. The molecule has 112 valence electrons. The monoisotopic (exact) mass is 292 g/mol. The van der Waals surface area contributed by atoms with Gasteiger partial charge in [-0.15, -0.1) is 0 Å². The van der Waals surface area contributed by atoms with Crippen molar-refractivity contribution in [2.45, 2.75) is 18.6 Å². The topological polar surface area (TPSA) is 110 Å². The lowest BCUT2D eigenvalue weighted by atomic mass is 10.0. The van der Waals surface area contributed by atoms with Gasteiger partial charge in [-0.3, -0.25) is 0 Å². The molecule has 1 heterocycles. The maximum Gasteiger partial charge on any atom is 0.157 e. The van der Waals surface area contributed by atoms with Crippen LogP contribution in [0.3, 0.4) is 0 Å². The van der Waals surface area contributed by atoms with Gasteiger partial charge in [-0.05, 0) is 30.2 Å². The van der Waals surface area contributed by atoms with Crippen LogP contribution in [-0.4, -0.2) is 31.6 Å². The number of hydrogen-bond donors (Lipinski definition) is 5. The Balaban J connectivity index is 2.33. The third-order valence-corrected chi connectivity index (χ3v) is 3.01.